The van der Waals surface area contributed by atoms with Gasteiger partial charge in [-0.3, -0.25) is 10.1 Å². The minimum atomic E-state index is -0.294. The van der Waals surface area contributed by atoms with Gasteiger partial charge >= 0.3 is 0 Å². The summed E-state index contributed by atoms with van der Waals surface area (Å²) in [5.41, 5.74) is 2.41. The first kappa shape index (κ1) is 17.4. The van der Waals surface area contributed by atoms with Gasteiger partial charge in [0, 0.05) is 17.7 Å². The number of carbonyl (C=O) groups excluding carboxylic acids is 1. The molecule has 0 spiro atoms. The molecule has 4 aromatic rings. The molecule has 138 valence electrons. The van der Waals surface area contributed by atoms with Crippen LogP contribution in [-0.4, -0.2) is 20.7 Å². The number of amides is 1. The van der Waals surface area contributed by atoms with Crippen LogP contribution in [0.5, 0.6) is 0 Å². The minimum Gasteiger partial charge on any atom is -0.618 e. The number of hydrogen-bond donors (Lipinski definition) is 1. The summed E-state index contributed by atoms with van der Waals surface area (Å²) in [5, 5.41) is 19.4. The third-order valence-electron chi connectivity index (χ3n) is 4.28. The Morgan fingerprint density at radius 2 is 1.71 bits per heavy atom. The molecule has 0 aliphatic rings. The summed E-state index contributed by atoms with van der Waals surface area (Å²) in [4.78, 5) is 17.2. The molecule has 0 saturated carbocycles. The molecule has 0 aliphatic carbocycles. The second-order valence-corrected chi connectivity index (χ2v) is 6.19. The largest absolute Gasteiger partial charge is 0.618 e. The predicted octanol–water partition coefficient (Wildman–Crippen LogP) is 3.13. The molecule has 2 heterocycles. The van der Waals surface area contributed by atoms with Crippen molar-refractivity contribution in [3.05, 3.63) is 95.3 Å². The van der Waals surface area contributed by atoms with Gasteiger partial charge < -0.3 is 5.21 Å². The summed E-state index contributed by atoms with van der Waals surface area (Å²) in [6.07, 6.45) is 1.38. The van der Waals surface area contributed by atoms with Gasteiger partial charge in [0.15, 0.2) is 6.20 Å². The van der Waals surface area contributed by atoms with Crippen LogP contribution in [0.4, 0.5) is 5.95 Å². The monoisotopic (exact) mass is 371 g/mol. The van der Waals surface area contributed by atoms with Crippen molar-refractivity contribution in [3.63, 3.8) is 0 Å². The lowest BCUT2D eigenvalue weighted by Gasteiger charge is -2.08. The van der Waals surface area contributed by atoms with Crippen LogP contribution >= 0.6 is 0 Å². The van der Waals surface area contributed by atoms with Crippen LogP contribution in [0.15, 0.2) is 79.0 Å². The minimum absolute atomic E-state index is 0.222. The van der Waals surface area contributed by atoms with E-state index in [2.05, 4.69) is 15.4 Å². The number of carbonyl (C=O) groups is 1. The van der Waals surface area contributed by atoms with Crippen molar-refractivity contribution in [2.75, 3.05) is 5.32 Å². The van der Waals surface area contributed by atoms with Crippen LogP contribution < -0.4 is 10.0 Å². The quantitative estimate of drug-likeness (QED) is 0.441. The van der Waals surface area contributed by atoms with Gasteiger partial charge in [0.1, 0.15) is 0 Å². The van der Waals surface area contributed by atoms with E-state index in [9.17, 15) is 10.0 Å². The Kier molecular flexibility index (Phi) is 4.55. The number of benzene rings is 2. The lowest BCUT2D eigenvalue weighted by molar-refractivity contribution is -0.594. The Bertz CT molecular complexity index is 1140. The molecule has 0 fully saturated rings. The van der Waals surface area contributed by atoms with Gasteiger partial charge in [-0.05, 0) is 36.8 Å². The van der Waals surface area contributed by atoms with E-state index >= 15 is 0 Å². The number of hydrogen-bond acceptors (Lipinski definition) is 4. The van der Waals surface area contributed by atoms with Crippen molar-refractivity contribution in [2.24, 2.45) is 0 Å². The highest BCUT2D eigenvalue weighted by Gasteiger charge is 2.20. The van der Waals surface area contributed by atoms with Gasteiger partial charge in [0.2, 0.25) is 11.8 Å². The Balaban J connectivity index is 1.78. The molecule has 0 atom stereocenters. The Morgan fingerprint density at radius 3 is 2.46 bits per heavy atom. The van der Waals surface area contributed by atoms with Crippen LogP contribution in [0, 0.1) is 12.1 Å². The number of anilines is 1. The smallest absolute Gasteiger partial charge is 0.263 e. The maximum atomic E-state index is 12.8. The zero-order valence-electron chi connectivity index (χ0n) is 15.1. The highest BCUT2D eigenvalue weighted by Crippen LogP contribution is 2.20. The Hall–Kier alpha value is -4.00. The predicted molar refractivity (Wildman–Crippen MR) is 105 cm³/mol. The van der Waals surface area contributed by atoms with E-state index in [-0.39, 0.29) is 17.7 Å². The molecule has 2 aromatic carbocycles. The van der Waals surface area contributed by atoms with Crippen molar-refractivity contribution in [1.82, 2.24) is 14.8 Å². The molecular formula is C21H17N5O2. The second-order valence-electron chi connectivity index (χ2n) is 6.19. The first-order valence-electron chi connectivity index (χ1n) is 8.71. The van der Waals surface area contributed by atoms with Gasteiger partial charge in [0.25, 0.3) is 11.6 Å². The van der Waals surface area contributed by atoms with E-state index in [1.54, 1.807) is 30.3 Å². The third kappa shape index (κ3) is 3.33. The van der Waals surface area contributed by atoms with E-state index in [0.29, 0.717) is 16.0 Å². The summed E-state index contributed by atoms with van der Waals surface area (Å²) in [6.45, 7) is 1.87. The van der Waals surface area contributed by atoms with Crippen LogP contribution in [0.3, 0.4) is 0 Å². The molecule has 0 radical (unpaired) electrons. The Labute approximate surface area is 161 Å². The van der Waals surface area contributed by atoms with Gasteiger partial charge in [-0.25, -0.2) is 0 Å². The van der Waals surface area contributed by atoms with Gasteiger partial charge in [-0.15, -0.1) is 5.10 Å². The molecule has 0 bridgehead atoms. The molecule has 1 N–H and O–H groups in total. The van der Waals surface area contributed by atoms with Gasteiger partial charge in [-0.1, -0.05) is 36.4 Å². The standard InChI is InChI=1S/C21H17N5O2/c1-15-9-5-6-12-17(15)20(27)23-21-22-19(18-13-7-8-14-25(18)28)24-26(21)16-10-3-2-4-11-16/h2-14H,1H3,(H,22,23,24,27). The molecule has 7 nitrogen and oxygen atoms in total. The van der Waals surface area contributed by atoms with Crippen LogP contribution in [0.1, 0.15) is 15.9 Å². The summed E-state index contributed by atoms with van der Waals surface area (Å²) in [7, 11) is 0. The fourth-order valence-electron chi connectivity index (χ4n) is 2.85. The molecule has 0 aliphatic heterocycles. The second kappa shape index (κ2) is 7.32. The molecule has 7 heteroatoms. The normalized spacial score (nSPS) is 10.6. The topological polar surface area (TPSA) is 86.8 Å². The lowest BCUT2D eigenvalue weighted by Crippen LogP contribution is -2.28. The average molecular weight is 371 g/mol. The van der Waals surface area contributed by atoms with Crippen LogP contribution in [0.25, 0.3) is 17.2 Å². The number of aryl methyl sites for hydroxylation is 1. The van der Waals surface area contributed by atoms with E-state index in [1.165, 1.54) is 10.9 Å². The number of para-hydroxylation sites is 1. The highest BCUT2D eigenvalue weighted by atomic mass is 16.5. The fourth-order valence-corrected chi connectivity index (χ4v) is 2.85. The summed E-state index contributed by atoms with van der Waals surface area (Å²) >= 11 is 0. The fraction of sp³-hybridized carbons (Fsp3) is 0.0476. The molecule has 0 unspecified atom stereocenters. The summed E-state index contributed by atoms with van der Waals surface area (Å²) in [5.74, 6) is 0.162. The van der Waals surface area contributed by atoms with Crippen molar-refractivity contribution in [1.29, 1.82) is 0 Å². The maximum absolute atomic E-state index is 12.8. The third-order valence-corrected chi connectivity index (χ3v) is 4.28. The van der Waals surface area contributed by atoms with Gasteiger partial charge in [-0.2, -0.15) is 14.4 Å². The molecule has 4 rings (SSSR count). The van der Waals surface area contributed by atoms with Crippen molar-refractivity contribution < 1.29 is 9.52 Å². The van der Waals surface area contributed by atoms with Crippen LogP contribution in [-0.2, 0) is 0 Å². The summed E-state index contributed by atoms with van der Waals surface area (Å²) < 4.78 is 2.20. The number of pyridine rings is 1. The summed E-state index contributed by atoms with van der Waals surface area (Å²) in [6, 6.07) is 21.6. The maximum Gasteiger partial charge on any atom is 0.263 e. The van der Waals surface area contributed by atoms with Crippen molar-refractivity contribution >= 4 is 11.9 Å². The molecule has 0 saturated heterocycles. The molecular weight excluding hydrogens is 354 g/mol. The zero-order chi connectivity index (χ0) is 19.5. The van der Waals surface area contributed by atoms with E-state index < -0.39 is 0 Å². The van der Waals surface area contributed by atoms with Crippen molar-refractivity contribution in [2.45, 2.75) is 6.92 Å². The molecule has 28 heavy (non-hydrogen) atoms. The number of rotatable bonds is 4. The first-order chi connectivity index (χ1) is 13.6. The molecule has 1 amide bonds. The number of nitrogens with zero attached hydrogens (tertiary/aromatic N) is 4. The lowest BCUT2D eigenvalue weighted by atomic mass is 10.1. The first-order valence-corrected chi connectivity index (χ1v) is 8.71. The van der Waals surface area contributed by atoms with E-state index in [0.717, 1.165) is 11.3 Å². The Morgan fingerprint density at radius 1 is 1.00 bits per heavy atom. The SMILES string of the molecule is Cc1ccccc1C(=O)Nc1nc(-c2cccc[n+]2[O-])nn1-c1ccccc1. The van der Waals surface area contributed by atoms with E-state index in [1.807, 2.05) is 49.4 Å². The highest BCUT2D eigenvalue weighted by molar-refractivity contribution is 6.04. The van der Waals surface area contributed by atoms with E-state index in [4.69, 9.17) is 0 Å². The number of aromatic nitrogens is 4. The van der Waals surface area contributed by atoms with Crippen molar-refractivity contribution in [3.8, 4) is 17.2 Å². The van der Waals surface area contributed by atoms with Crippen LogP contribution in [0.2, 0.25) is 0 Å². The molecule has 2 aromatic heterocycles. The number of nitrogens with one attached hydrogen (secondary N) is 1. The van der Waals surface area contributed by atoms with Gasteiger partial charge in [0.05, 0.1) is 5.69 Å². The zero-order valence-corrected chi connectivity index (χ0v) is 15.1. The average Bonchev–Trinajstić information content (AvgIpc) is 3.12.